The van der Waals surface area contributed by atoms with Crippen LogP contribution in [0.25, 0.3) is 11.5 Å². The lowest BCUT2D eigenvalue weighted by Gasteiger charge is -2.24. The third-order valence-electron chi connectivity index (χ3n) is 5.45. The molecule has 0 saturated carbocycles. The number of ether oxygens (including phenoxy) is 1. The van der Waals surface area contributed by atoms with Crippen LogP contribution < -0.4 is 15.4 Å². The summed E-state index contributed by atoms with van der Waals surface area (Å²) in [5, 5.41) is 7.78. The predicted octanol–water partition coefficient (Wildman–Crippen LogP) is 3.72. The minimum atomic E-state index is -4.88. The Morgan fingerprint density at radius 1 is 1.14 bits per heavy atom. The molecule has 3 aromatic rings. The topological polar surface area (TPSA) is 129 Å². The molecule has 0 aliphatic carbocycles. The minimum Gasteiger partial charge on any atom is -0.420 e. The van der Waals surface area contributed by atoms with Crippen LogP contribution in [0, 0.1) is 5.82 Å². The smallest absolute Gasteiger partial charge is 0.420 e. The standard InChI is InChI=1S/C23H22F4N4O5S/c1-22(2,3)21-30-29-19(35-21)14-8-17-18(9-15(14)24)37(33,34)11-16(28)20(32)31(17)10-12-4-6-13(7-5-12)36-23(25,26)27/h4-9,16H,10-11,28H2,1-3H3. The lowest BCUT2D eigenvalue weighted by atomic mass is 9.97. The third-order valence-corrected chi connectivity index (χ3v) is 7.25. The summed E-state index contributed by atoms with van der Waals surface area (Å²) in [6.45, 7) is 5.13. The number of rotatable bonds is 4. The van der Waals surface area contributed by atoms with E-state index in [1.54, 1.807) is 20.8 Å². The van der Waals surface area contributed by atoms with E-state index in [2.05, 4.69) is 14.9 Å². The molecule has 1 aromatic heterocycles. The van der Waals surface area contributed by atoms with Crippen molar-refractivity contribution in [3.63, 3.8) is 0 Å². The average molecular weight is 543 g/mol. The molecule has 14 heteroatoms. The van der Waals surface area contributed by atoms with E-state index in [0.717, 1.165) is 29.2 Å². The number of alkyl halides is 3. The van der Waals surface area contributed by atoms with Crippen molar-refractivity contribution in [2.24, 2.45) is 5.73 Å². The maximum Gasteiger partial charge on any atom is 0.573 e. The zero-order valence-electron chi connectivity index (χ0n) is 19.8. The fourth-order valence-electron chi connectivity index (χ4n) is 3.66. The molecular formula is C23H22F4N4O5S. The van der Waals surface area contributed by atoms with E-state index < -0.39 is 55.8 Å². The van der Waals surface area contributed by atoms with Crippen LogP contribution in [0.2, 0.25) is 0 Å². The first-order valence-corrected chi connectivity index (χ1v) is 12.5. The highest BCUT2D eigenvalue weighted by molar-refractivity contribution is 7.91. The predicted molar refractivity (Wildman–Crippen MR) is 123 cm³/mol. The Kier molecular flexibility index (Phi) is 6.53. The number of carbonyl (C=O) groups is 1. The summed E-state index contributed by atoms with van der Waals surface area (Å²) in [6, 6.07) is 5.05. The Balaban J connectivity index is 1.80. The van der Waals surface area contributed by atoms with Gasteiger partial charge in [-0.2, -0.15) is 0 Å². The second-order valence-corrected chi connectivity index (χ2v) is 11.5. The van der Waals surface area contributed by atoms with Gasteiger partial charge >= 0.3 is 6.36 Å². The van der Waals surface area contributed by atoms with Gasteiger partial charge < -0.3 is 19.8 Å². The highest BCUT2D eigenvalue weighted by Gasteiger charge is 2.38. The van der Waals surface area contributed by atoms with Gasteiger partial charge in [-0.15, -0.1) is 23.4 Å². The summed E-state index contributed by atoms with van der Waals surface area (Å²) < 4.78 is 87.9. The number of halogens is 4. The molecule has 0 spiro atoms. The Morgan fingerprint density at radius 3 is 2.35 bits per heavy atom. The van der Waals surface area contributed by atoms with Crippen molar-refractivity contribution in [1.82, 2.24) is 10.2 Å². The molecule has 198 valence electrons. The van der Waals surface area contributed by atoms with Crippen LogP contribution in [0.3, 0.4) is 0 Å². The lowest BCUT2D eigenvalue weighted by Crippen LogP contribution is -2.45. The molecule has 2 aromatic carbocycles. The second kappa shape index (κ2) is 9.10. The first-order chi connectivity index (χ1) is 17.0. The number of fused-ring (bicyclic) bond motifs is 1. The monoisotopic (exact) mass is 542 g/mol. The summed E-state index contributed by atoms with van der Waals surface area (Å²) in [6.07, 6.45) is -4.88. The summed E-state index contributed by atoms with van der Waals surface area (Å²) >= 11 is 0. The molecule has 1 aliphatic heterocycles. The van der Waals surface area contributed by atoms with Gasteiger partial charge in [-0.1, -0.05) is 32.9 Å². The Labute approximate surface area is 209 Å². The van der Waals surface area contributed by atoms with Gasteiger partial charge in [0.2, 0.25) is 11.8 Å². The van der Waals surface area contributed by atoms with Gasteiger partial charge in [0.15, 0.2) is 9.84 Å². The molecule has 0 bridgehead atoms. The van der Waals surface area contributed by atoms with Gasteiger partial charge in [0, 0.05) is 5.41 Å². The molecular weight excluding hydrogens is 520 g/mol. The van der Waals surface area contributed by atoms with Crippen molar-refractivity contribution in [3.05, 3.63) is 53.7 Å². The zero-order chi connectivity index (χ0) is 27.3. The van der Waals surface area contributed by atoms with Crippen LogP contribution in [0.15, 0.2) is 45.7 Å². The quantitative estimate of drug-likeness (QED) is 0.494. The SMILES string of the molecule is CC(C)(C)c1nnc(-c2cc3c(cc2F)S(=O)(=O)CC(N)C(=O)N3Cc2ccc(OC(F)(F)F)cc2)o1. The summed E-state index contributed by atoms with van der Waals surface area (Å²) in [4.78, 5) is 13.7. The van der Waals surface area contributed by atoms with Crippen LogP contribution in [-0.2, 0) is 26.6 Å². The molecule has 2 N–H and O–H groups in total. The molecule has 2 heterocycles. The molecule has 1 amide bonds. The number of anilines is 1. The molecule has 9 nitrogen and oxygen atoms in total. The van der Waals surface area contributed by atoms with E-state index in [9.17, 15) is 26.4 Å². The zero-order valence-corrected chi connectivity index (χ0v) is 20.7. The third kappa shape index (κ3) is 5.59. The number of nitrogens with two attached hydrogens (primary N) is 1. The number of hydrogen-bond donors (Lipinski definition) is 1. The minimum absolute atomic E-state index is 0.180. The van der Waals surface area contributed by atoms with Crippen molar-refractivity contribution in [1.29, 1.82) is 0 Å². The molecule has 4 rings (SSSR count). The normalized spacial score (nSPS) is 17.9. The maximum atomic E-state index is 15.1. The summed E-state index contributed by atoms with van der Waals surface area (Å²) in [5.41, 5.74) is 5.23. The fraction of sp³-hybridized carbons (Fsp3) is 0.348. The van der Waals surface area contributed by atoms with E-state index in [4.69, 9.17) is 10.2 Å². The van der Waals surface area contributed by atoms with Gasteiger partial charge in [0.25, 0.3) is 5.89 Å². The van der Waals surface area contributed by atoms with E-state index in [0.29, 0.717) is 5.56 Å². The Bertz CT molecular complexity index is 1450. The average Bonchev–Trinajstić information content (AvgIpc) is 3.25. The van der Waals surface area contributed by atoms with Crippen LogP contribution in [0.4, 0.5) is 23.2 Å². The lowest BCUT2D eigenvalue weighted by molar-refractivity contribution is -0.274. The highest BCUT2D eigenvalue weighted by atomic mass is 32.2. The fourth-order valence-corrected chi connectivity index (χ4v) is 5.23. The number of hydrogen-bond acceptors (Lipinski definition) is 8. The molecule has 0 radical (unpaired) electrons. The van der Waals surface area contributed by atoms with E-state index in [1.807, 2.05) is 0 Å². The summed E-state index contributed by atoms with van der Waals surface area (Å²) in [7, 11) is -4.19. The Hall–Kier alpha value is -3.52. The maximum absolute atomic E-state index is 15.1. The van der Waals surface area contributed by atoms with Crippen molar-refractivity contribution in [3.8, 4) is 17.2 Å². The molecule has 0 saturated heterocycles. The van der Waals surface area contributed by atoms with Gasteiger partial charge in [-0.05, 0) is 29.8 Å². The van der Waals surface area contributed by atoms with Crippen molar-refractivity contribution in [2.45, 2.75) is 50.0 Å². The Morgan fingerprint density at radius 2 is 1.78 bits per heavy atom. The highest BCUT2D eigenvalue weighted by Crippen LogP contribution is 2.37. The largest absolute Gasteiger partial charge is 0.573 e. The number of aromatic nitrogens is 2. The first-order valence-electron chi connectivity index (χ1n) is 10.9. The van der Waals surface area contributed by atoms with Crippen LogP contribution in [-0.4, -0.2) is 42.7 Å². The van der Waals surface area contributed by atoms with Crippen LogP contribution in [0.5, 0.6) is 5.75 Å². The van der Waals surface area contributed by atoms with E-state index >= 15 is 4.39 Å². The van der Waals surface area contributed by atoms with Crippen molar-refractivity contribution >= 4 is 21.4 Å². The first kappa shape index (κ1) is 26.5. The number of nitrogens with zero attached hydrogens (tertiary/aromatic N) is 3. The van der Waals surface area contributed by atoms with E-state index in [1.165, 1.54) is 12.1 Å². The molecule has 37 heavy (non-hydrogen) atoms. The summed E-state index contributed by atoms with van der Waals surface area (Å²) in [5.74, 6) is -3.01. The molecule has 0 fully saturated rings. The second-order valence-electron chi connectivity index (χ2n) is 9.47. The van der Waals surface area contributed by atoms with Gasteiger partial charge in [-0.25, -0.2) is 12.8 Å². The molecule has 1 unspecified atom stereocenters. The van der Waals surface area contributed by atoms with Crippen LogP contribution >= 0.6 is 0 Å². The van der Waals surface area contributed by atoms with Gasteiger partial charge in [0.1, 0.15) is 11.6 Å². The molecule has 1 atom stereocenters. The number of carbonyl (C=O) groups excluding carboxylic acids is 1. The van der Waals surface area contributed by atoms with Crippen LogP contribution in [0.1, 0.15) is 32.2 Å². The number of benzene rings is 2. The number of amides is 1. The van der Waals surface area contributed by atoms with Gasteiger partial charge in [0.05, 0.1) is 34.5 Å². The molecule has 1 aliphatic rings. The van der Waals surface area contributed by atoms with Crippen molar-refractivity contribution in [2.75, 3.05) is 10.7 Å². The van der Waals surface area contributed by atoms with E-state index in [-0.39, 0.29) is 29.6 Å². The van der Waals surface area contributed by atoms with Gasteiger partial charge in [-0.3, -0.25) is 4.79 Å². The number of sulfone groups is 1. The van der Waals surface area contributed by atoms with Crippen molar-refractivity contribution < 1.29 is 39.9 Å².